The predicted octanol–water partition coefficient (Wildman–Crippen LogP) is 5.39. The summed E-state index contributed by atoms with van der Waals surface area (Å²) in [6.07, 6.45) is 1.84. The smallest absolute Gasteiger partial charge is 0.262 e. The van der Waals surface area contributed by atoms with Gasteiger partial charge in [-0.05, 0) is 44.0 Å². The van der Waals surface area contributed by atoms with Crippen molar-refractivity contribution in [2.24, 2.45) is 0 Å². The average molecular weight is 462 g/mol. The number of carbonyl (C=O) groups is 1. The molecule has 0 aliphatic carbocycles. The summed E-state index contributed by atoms with van der Waals surface area (Å²) in [5, 5.41) is 5.48. The fourth-order valence-corrected chi connectivity index (χ4v) is 4.43. The summed E-state index contributed by atoms with van der Waals surface area (Å²) in [5.74, 6) is -0.159. The van der Waals surface area contributed by atoms with Gasteiger partial charge in [0.25, 0.3) is 5.56 Å². The van der Waals surface area contributed by atoms with E-state index in [0.29, 0.717) is 22.5 Å². The Bertz CT molecular complexity index is 1320. The molecule has 0 saturated heterocycles. The molecule has 0 atom stereocenters. The molecule has 6 nitrogen and oxygen atoms in total. The highest BCUT2D eigenvalue weighted by Gasteiger charge is 2.14. The Kier molecular flexibility index (Phi) is 7.01. The van der Waals surface area contributed by atoms with Crippen molar-refractivity contribution < 1.29 is 9.53 Å². The molecule has 4 rings (SSSR count). The first-order chi connectivity index (χ1) is 15.9. The van der Waals surface area contributed by atoms with Gasteiger partial charge < -0.3 is 10.1 Å². The summed E-state index contributed by atoms with van der Waals surface area (Å²) in [7, 11) is 0. The van der Waals surface area contributed by atoms with Crippen LogP contribution in [0.3, 0.4) is 0 Å². The van der Waals surface area contributed by atoms with Crippen LogP contribution in [0.1, 0.15) is 31.4 Å². The Balaban J connectivity index is 1.46. The highest BCUT2D eigenvalue weighted by molar-refractivity contribution is 7.17. The van der Waals surface area contributed by atoms with Gasteiger partial charge in [-0.3, -0.25) is 14.2 Å². The molecule has 2 heterocycles. The van der Waals surface area contributed by atoms with E-state index in [1.807, 2.05) is 74.7 Å². The maximum atomic E-state index is 13.2. The largest absolute Gasteiger partial charge is 0.374 e. The third kappa shape index (κ3) is 5.56. The van der Waals surface area contributed by atoms with E-state index < -0.39 is 0 Å². The standard InChI is InChI=1S/C26H27N3O3S/c1-17(2)32-14-19-5-4-6-21(13-19)28-23(30)11-12-29-16-27-25-24(26(29)31)22(15-33-25)20-9-7-18(3)8-10-20/h4-10,13,15-17H,11-12,14H2,1-3H3,(H,28,30). The first kappa shape index (κ1) is 22.9. The molecule has 0 unspecified atom stereocenters. The van der Waals surface area contributed by atoms with Crippen LogP contribution in [0.15, 0.2) is 65.0 Å². The second-order valence-electron chi connectivity index (χ2n) is 8.30. The first-order valence-corrected chi connectivity index (χ1v) is 11.8. The van der Waals surface area contributed by atoms with Crippen molar-refractivity contribution in [2.75, 3.05) is 5.32 Å². The zero-order chi connectivity index (χ0) is 23.4. The average Bonchev–Trinajstić information content (AvgIpc) is 3.23. The summed E-state index contributed by atoms with van der Waals surface area (Å²) in [4.78, 5) is 30.9. The fourth-order valence-electron chi connectivity index (χ4n) is 3.52. The molecular weight excluding hydrogens is 434 g/mol. The van der Waals surface area contributed by atoms with Gasteiger partial charge in [0.05, 0.1) is 24.4 Å². The number of amides is 1. The molecule has 0 saturated carbocycles. The Morgan fingerprint density at radius 1 is 1.18 bits per heavy atom. The molecule has 0 spiro atoms. The van der Waals surface area contributed by atoms with E-state index in [2.05, 4.69) is 10.3 Å². The number of carbonyl (C=O) groups excluding carboxylic acids is 1. The van der Waals surface area contributed by atoms with Crippen molar-refractivity contribution in [1.29, 1.82) is 0 Å². The number of anilines is 1. The van der Waals surface area contributed by atoms with E-state index in [-0.39, 0.29) is 30.5 Å². The van der Waals surface area contributed by atoms with E-state index in [4.69, 9.17) is 4.74 Å². The Morgan fingerprint density at radius 2 is 1.97 bits per heavy atom. The number of hydrogen-bond acceptors (Lipinski definition) is 5. The van der Waals surface area contributed by atoms with Crippen molar-refractivity contribution >= 4 is 33.1 Å². The van der Waals surface area contributed by atoms with Gasteiger partial charge in [-0.15, -0.1) is 11.3 Å². The molecule has 1 N–H and O–H groups in total. The number of nitrogens with zero attached hydrogens (tertiary/aromatic N) is 2. The minimum absolute atomic E-state index is 0.127. The summed E-state index contributed by atoms with van der Waals surface area (Å²) < 4.78 is 7.14. The molecule has 33 heavy (non-hydrogen) atoms. The van der Waals surface area contributed by atoms with Crippen molar-refractivity contribution in [2.45, 2.75) is 46.4 Å². The first-order valence-electron chi connectivity index (χ1n) is 10.9. The van der Waals surface area contributed by atoms with Crippen LogP contribution in [0.5, 0.6) is 0 Å². The molecule has 2 aromatic carbocycles. The second kappa shape index (κ2) is 10.1. The Labute approximate surface area is 196 Å². The highest BCUT2D eigenvalue weighted by Crippen LogP contribution is 2.30. The maximum Gasteiger partial charge on any atom is 0.262 e. The zero-order valence-electron chi connectivity index (χ0n) is 19.0. The minimum atomic E-state index is -0.159. The normalized spacial score (nSPS) is 11.3. The Hall–Kier alpha value is -3.29. The van der Waals surface area contributed by atoms with Crippen molar-refractivity contribution in [3.05, 3.63) is 81.7 Å². The molecule has 0 bridgehead atoms. The lowest BCUT2D eigenvalue weighted by atomic mass is 10.1. The van der Waals surface area contributed by atoms with E-state index in [1.54, 1.807) is 0 Å². The van der Waals surface area contributed by atoms with Gasteiger partial charge in [-0.25, -0.2) is 4.98 Å². The monoisotopic (exact) mass is 461 g/mol. The number of thiophene rings is 1. The number of fused-ring (bicyclic) bond motifs is 1. The van der Waals surface area contributed by atoms with Crippen LogP contribution >= 0.6 is 11.3 Å². The van der Waals surface area contributed by atoms with E-state index in [0.717, 1.165) is 22.3 Å². The number of benzene rings is 2. The van der Waals surface area contributed by atoms with E-state index in [9.17, 15) is 9.59 Å². The number of nitrogens with one attached hydrogen (secondary N) is 1. The summed E-state index contributed by atoms with van der Waals surface area (Å²) in [6.45, 7) is 6.75. The van der Waals surface area contributed by atoms with Gasteiger partial charge in [0, 0.05) is 29.6 Å². The number of aromatic nitrogens is 2. The van der Waals surface area contributed by atoms with Crippen LogP contribution in [0.4, 0.5) is 5.69 Å². The lowest BCUT2D eigenvalue weighted by Crippen LogP contribution is -2.23. The van der Waals surface area contributed by atoms with Crippen molar-refractivity contribution in [3.63, 3.8) is 0 Å². The topological polar surface area (TPSA) is 73.2 Å². The lowest BCUT2D eigenvalue weighted by Gasteiger charge is -2.10. The molecule has 170 valence electrons. The molecule has 7 heteroatoms. The van der Waals surface area contributed by atoms with Crippen LogP contribution in [-0.4, -0.2) is 21.6 Å². The molecule has 0 aliphatic rings. The zero-order valence-corrected chi connectivity index (χ0v) is 19.8. The SMILES string of the molecule is Cc1ccc(-c2csc3ncn(CCC(=O)Nc4cccc(COC(C)C)c4)c(=O)c23)cc1. The molecule has 4 aromatic rings. The van der Waals surface area contributed by atoms with Crippen LogP contribution in [0.2, 0.25) is 0 Å². The van der Waals surface area contributed by atoms with Crippen LogP contribution in [-0.2, 0) is 22.7 Å². The summed E-state index contributed by atoms with van der Waals surface area (Å²) >= 11 is 1.45. The van der Waals surface area contributed by atoms with Crippen LogP contribution in [0.25, 0.3) is 21.3 Å². The molecule has 1 amide bonds. The third-order valence-corrected chi connectivity index (χ3v) is 6.18. The van der Waals surface area contributed by atoms with Crippen LogP contribution in [0, 0.1) is 6.92 Å². The molecule has 0 aliphatic heterocycles. The van der Waals surface area contributed by atoms with Crippen molar-refractivity contribution in [3.8, 4) is 11.1 Å². The van der Waals surface area contributed by atoms with Gasteiger partial charge in [-0.2, -0.15) is 0 Å². The molecule has 0 radical (unpaired) electrons. The molecule has 2 aromatic heterocycles. The van der Waals surface area contributed by atoms with Crippen molar-refractivity contribution in [1.82, 2.24) is 9.55 Å². The maximum absolute atomic E-state index is 13.2. The van der Waals surface area contributed by atoms with Crippen LogP contribution < -0.4 is 10.9 Å². The number of hydrogen-bond donors (Lipinski definition) is 1. The summed E-state index contributed by atoms with van der Waals surface area (Å²) in [6, 6.07) is 15.7. The fraction of sp³-hybridized carbons (Fsp3) is 0.269. The highest BCUT2D eigenvalue weighted by atomic mass is 32.1. The Morgan fingerprint density at radius 3 is 2.73 bits per heavy atom. The molecule has 0 fully saturated rings. The predicted molar refractivity (Wildman–Crippen MR) is 134 cm³/mol. The lowest BCUT2D eigenvalue weighted by molar-refractivity contribution is -0.116. The summed E-state index contributed by atoms with van der Waals surface area (Å²) in [5.41, 5.74) is 4.61. The van der Waals surface area contributed by atoms with Gasteiger partial charge in [0.1, 0.15) is 4.83 Å². The quantitative estimate of drug-likeness (QED) is 0.382. The van der Waals surface area contributed by atoms with Gasteiger partial charge in [0.15, 0.2) is 0 Å². The van der Waals surface area contributed by atoms with E-state index in [1.165, 1.54) is 22.2 Å². The third-order valence-electron chi connectivity index (χ3n) is 5.30. The number of aryl methyl sites for hydroxylation is 2. The molecular formula is C26H27N3O3S. The van der Waals surface area contributed by atoms with Gasteiger partial charge >= 0.3 is 0 Å². The number of rotatable bonds is 8. The second-order valence-corrected chi connectivity index (χ2v) is 9.16. The van der Waals surface area contributed by atoms with Gasteiger partial charge in [-0.1, -0.05) is 42.0 Å². The minimum Gasteiger partial charge on any atom is -0.374 e. The van der Waals surface area contributed by atoms with Gasteiger partial charge in [0.2, 0.25) is 5.91 Å². The van der Waals surface area contributed by atoms with E-state index >= 15 is 0 Å². The number of ether oxygens (including phenoxy) is 1.